The molecule has 0 saturated heterocycles. The number of aromatic carboxylic acids is 1. The Morgan fingerprint density at radius 1 is 1.50 bits per heavy atom. The van der Waals surface area contributed by atoms with Gasteiger partial charge in [-0.1, -0.05) is 6.92 Å². The molecule has 0 aliphatic heterocycles. The van der Waals surface area contributed by atoms with Gasteiger partial charge in [0, 0.05) is 32.7 Å². The number of hydrogen-bond acceptors (Lipinski definition) is 4. The number of nitrogens with one attached hydrogen (secondary N) is 1. The van der Waals surface area contributed by atoms with E-state index in [0.717, 1.165) is 0 Å². The van der Waals surface area contributed by atoms with Crippen LogP contribution in [0.5, 0.6) is 0 Å². The summed E-state index contributed by atoms with van der Waals surface area (Å²) >= 11 is 0. The van der Waals surface area contributed by atoms with E-state index in [1.54, 1.807) is 14.0 Å². The smallest absolute Gasteiger partial charge is 0.339 e. The summed E-state index contributed by atoms with van der Waals surface area (Å²) in [7, 11) is 1.58. The monoisotopic (exact) mass is 255 g/mol. The molecule has 0 unspecified atom stereocenters. The van der Waals surface area contributed by atoms with Crippen LogP contribution >= 0.6 is 0 Å². The molecule has 18 heavy (non-hydrogen) atoms. The summed E-state index contributed by atoms with van der Waals surface area (Å²) < 4.78 is 10.1. The molecule has 0 saturated carbocycles. The molecule has 0 atom stereocenters. The van der Waals surface area contributed by atoms with Crippen molar-refractivity contribution in [3.8, 4) is 0 Å². The van der Waals surface area contributed by atoms with Gasteiger partial charge >= 0.3 is 5.97 Å². The quantitative estimate of drug-likeness (QED) is 0.717. The first kappa shape index (κ1) is 14.2. The van der Waals surface area contributed by atoms with E-state index < -0.39 is 11.9 Å². The van der Waals surface area contributed by atoms with Crippen LogP contribution in [0.2, 0.25) is 0 Å². The molecular formula is C12H17NO5. The van der Waals surface area contributed by atoms with Gasteiger partial charge in [0.15, 0.2) is 5.76 Å². The molecule has 1 rings (SSSR count). The molecule has 6 heteroatoms. The van der Waals surface area contributed by atoms with Crippen molar-refractivity contribution in [3.63, 3.8) is 0 Å². The number of carboxylic acids is 1. The number of hydrogen-bond donors (Lipinski definition) is 2. The SMILES string of the molecule is CCc1oc(C(=O)NCCCOC)cc1C(=O)O. The zero-order valence-corrected chi connectivity index (χ0v) is 10.5. The van der Waals surface area contributed by atoms with E-state index in [0.29, 0.717) is 31.8 Å². The van der Waals surface area contributed by atoms with Gasteiger partial charge in [0.25, 0.3) is 5.91 Å². The van der Waals surface area contributed by atoms with E-state index in [9.17, 15) is 9.59 Å². The van der Waals surface area contributed by atoms with Crippen LogP contribution in [-0.2, 0) is 11.2 Å². The maximum Gasteiger partial charge on any atom is 0.339 e. The first-order chi connectivity index (χ1) is 8.60. The number of carboxylic acid groups (broad SMARTS) is 1. The Hall–Kier alpha value is -1.82. The van der Waals surface area contributed by atoms with Gasteiger partial charge < -0.3 is 19.6 Å². The van der Waals surface area contributed by atoms with Crippen LogP contribution in [0.15, 0.2) is 10.5 Å². The van der Waals surface area contributed by atoms with Gasteiger partial charge in [-0.3, -0.25) is 4.79 Å². The second-order valence-corrected chi connectivity index (χ2v) is 3.71. The number of rotatable bonds is 7. The molecule has 0 radical (unpaired) electrons. The summed E-state index contributed by atoms with van der Waals surface area (Å²) in [6, 6.07) is 1.26. The van der Waals surface area contributed by atoms with Crippen LogP contribution < -0.4 is 5.32 Å². The van der Waals surface area contributed by atoms with Crippen molar-refractivity contribution >= 4 is 11.9 Å². The Morgan fingerprint density at radius 3 is 2.72 bits per heavy atom. The van der Waals surface area contributed by atoms with Crippen LogP contribution in [-0.4, -0.2) is 37.2 Å². The van der Waals surface area contributed by atoms with Crippen LogP contribution in [0.25, 0.3) is 0 Å². The fraction of sp³-hybridized carbons (Fsp3) is 0.500. The minimum Gasteiger partial charge on any atom is -0.478 e. The van der Waals surface area contributed by atoms with Gasteiger partial charge in [-0.15, -0.1) is 0 Å². The highest BCUT2D eigenvalue weighted by Crippen LogP contribution is 2.16. The summed E-state index contributed by atoms with van der Waals surface area (Å²) in [4.78, 5) is 22.6. The van der Waals surface area contributed by atoms with Gasteiger partial charge in [0.2, 0.25) is 0 Å². The van der Waals surface area contributed by atoms with Crippen LogP contribution in [0.4, 0.5) is 0 Å². The zero-order chi connectivity index (χ0) is 13.5. The van der Waals surface area contributed by atoms with Crippen molar-refractivity contribution in [2.24, 2.45) is 0 Å². The van der Waals surface area contributed by atoms with E-state index in [2.05, 4.69) is 5.32 Å². The van der Waals surface area contributed by atoms with Crippen LogP contribution in [0.3, 0.4) is 0 Å². The number of aryl methyl sites for hydroxylation is 1. The lowest BCUT2D eigenvalue weighted by Gasteiger charge is -2.01. The lowest BCUT2D eigenvalue weighted by Crippen LogP contribution is -2.24. The van der Waals surface area contributed by atoms with Crippen molar-refractivity contribution in [1.82, 2.24) is 5.32 Å². The van der Waals surface area contributed by atoms with Gasteiger partial charge in [0.1, 0.15) is 11.3 Å². The van der Waals surface area contributed by atoms with E-state index in [1.165, 1.54) is 6.07 Å². The molecular weight excluding hydrogens is 238 g/mol. The molecule has 1 heterocycles. The number of amides is 1. The molecule has 0 bridgehead atoms. The fourth-order valence-electron chi connectivity index (χ4n) is 1.49. The molecule has 100 valence electrons. The van der Waals surface area contributed by atoms with Gasteiger partial charge in [-0.25, -0.2) is 4.79 Å². The normalized spacial score (nSPS) is 10.3. The maximum absolute atomic E-state index is 11.7. The highest BCUT2D eigenvalue weighted by Gasteiger charge is 2.19. The maximum atomic E-state index is 11.7. The molecule has 1 aromatic rings. The molecule has 2 N–H and O–H groups in total. The number of carbonyl (C=O) groups excluding carboxylic acids is 1. The third-order valence-electron chi connectivity index (χ3n) is 2.40. The minimum atomic E-state index is -1.09. The highest BCUT2D eigenvalue weighted by molar-refractivity contribution is 5.96. The second-order valence-electron chi connectivity index (χ2n) is 3.71. The largest absolute Gasteiger partial charge is 0.478 e. The zero-order valence-electron chi connectivity index (χ0n) is 10.5. The number of methoxy groups -OCH3 is 1. The average Bonchev–Trinajstić information content (AvgIpc) is 2.78. The molecule has 0 aliphatic carbocycles. The number of carbonyl (C=O) groups is 2. The average molecular weight is 255 g/mol. The first-order valence-electron chi connectivity index (χ1n) is 5.73. The topological polar surface area (TPSA) is 88.8 Å². The summed E-state index contributed by atoms with van der Waals surface area (Å²) in [6.45, 7) is 2.78. The Bertz CT molecular complexity index is 424. The molecule has 0 aromatic carbocycles. The molecule has 6 nitrogen and oxygen atoms in total. The van der Waals surface area contributed by atoms with Crippen molar-refractivity contribution in [2.45, 2.75) is 19.8 Å². The van der Waals surface area contributed by atoms with Gasteiger partial charge in [-0.2, -0.15) is 0 Å². The predicted octanol–water partition coefficient (Wildman–Crippen LogP) is 1.31. The van der Waals surface area contributed by atoms with Crippen molar-refractivity contribution in [1.29, 1.82) is 0 Å². The lowest BCUT2D eigenvalue weighted by atomic mass is 10.2. The van der Waals surface area contributed by atoms with Crippen molar-refractivity contribution < 1.29 is 23.8 Å². The molecule has 0 aliphatic rings. The minimum absolute atomic E-state index is 0.0293. The van der Waals surface area contributed by atoms with E-state index in [4.69, 9.17) is 14.3 Å². The Morgan fingerprint density at radius 2 is 2.22 bits per heavy atom. The second kappa shape index (κ2) is 6.80. The summed E-state index contributed by atoms with van der Waals surface area (Å²) in [5.74, 6) is -1.16. The van der Waals surface area contributed by atoms with E-state index in [-0.39, 0.29) is 11.3 Å². The Labute approximate surface area is 105 Å². The molecule has 0 spiro atoms. The molecule has 1 amide bonds. The van der Waals surface area contributed by atoms with E-state index >= 15 is 0 Å². The highest BCUT2D eigenvalue weighted by atomic mass is 16.5. The predicted molar refractivity (Wildman–Crippen MR) is 63.9 cm³/mol. The Kier molecular flexibility index (Phi) is 5.38. The third-order valence-corrected chi connectivity index (χ3v) is 2.40. The van der Waals surface area contributed by atoms with Gasteiger partial charge in [0.05, 0.1) is 0 Å². The third kappa shape index (κ3) is 3.59. The molecule has 1 aromatic heterocycles. The fourth-order valence-corrected chi connectivity index (χ4v) is 1.49. The van der Waals surface area contributed by atoms with Crippen LogP contribution in [0, 0.1) is 0 Å². The van der Waals surface area contributed by atoms with Gasteiger partial charge in [-0.05, 0) is 6.42 Å². The van der Waals surface area contributed by atoms with E-state index in [1.807, 2.05) is 0 Å². The van der Waals surface area contributed by atoms with Crippen molar-refractivity contribution in [3.05, 3.63) is 23.2 Å². The Balaban J connectivity index is 2.66. The number of ether oxygens (including phenoxy) is 1. The lowest BCUT2D eigenvalue weighted by molar-refractivity contribution is 0.0694. The van der Waals surface area contributed by atoms with Crippen molar-refractivity contribution in [2.75, 3.05) is 20.3 Å². The van der Waals surface area contributed by atoms with Crippen LogP contribution in [0.1, 0.15) is 40.0 Å². The standard InChI is InChI=1S/C12H17NO5/c1-3-9-8(12(15)16)7-10(18-9)11(14)13-5-4-6-17-2/h7H,3-6H2,1-2H3,(H,13,14)(H,15,16). The summed E-state index contributed by atoms with van der Waals surface area (Å²) in [6.07, 6.45) is 1.12. The first-order valence-corrected chi connectivity index (χ1v) is 5.73. The molecule has 0 fully saturated rings. The number of furan rings is 1. The summed E-state index contributed by atoms with van der Waals surface area (Å²) in [5.41, 5.74) is 0.0412. The summed E-state index contributed by atoms with van der Waals surface area (Å²) in [5, 5.41) is 11.6.